The van der Waals surface area contributed by atoms with Gasteiger partial charge in [0.05, 0.1) is 31.0 Å². The van der Waals surface area contributed by atoms with Crippen molar-refractivity contribution in [2.45, 2.75) is 30.6 Å². The van der Waals surface area contributed by atoms with Gasteiger partial charge < -0.3 is 31.5 Å². The number of nitrogens with two attached hydrogens (primary N) is 1. The van der Waals surface area contributed by atoms with Gasteiger partial charge in [-0.05, 0) is 6.23 Å². The molecule has 7 heteroatoms. The van der Waals surface area contributed by atoms with E-state index in [4.69, 9.17) is 26.4 Å². The van der Waals surface area contributed by atoms with Gasteiger partial charge in [-0.2, -0.15) is 0 Å². The first-order valence-corrected chi connectivity index (χ1v) is 3.67. The Bertz CT molecular complexity index is 157. The second-order valence-electron chi connectivity index (χ2n) is 2.84. The second kappa shape index (κ2) is 5.67. The molecule has 0 aromatic carbocycles. The largest absolute Gasteiger partial charge is 0.649 e. The van der Waals surface area contributed by atoms with Crippen molar-refractivity contribution >= 4 is 0 Å². The summed E-state index contributed by atoms with van der Waals surface area (Å²) < 4.78 is 4.81. The van der Waals surface area contributed by atoms with Gasteiger partial charge >= 0.3 is 0 Å². The van der Waals surface area contributed by atoms with Crippen LogP contribution in [-0.4, -0.2) is 52.5 Å². The molecule has 1 fully saturated rings. The molecule has 6 nitrogen and oxygen atoms in total. The topological polar surface area (TPSA) is 120 Å². The molecule has 5 atom stereocenters. The molecule has 13 heavy (non-hydrogen) atoms. The van der Waals surface area contributed by atoms with E-state index in [9.17, 15) is 5.11 Å². The monoisotopic (exact) mass is 266 g/mol. The van der Waals surface area contributed by atoms with Crippen LogP contribution in [0, 0.1) is 0 Å². The minimum atomic E-state index is -1.30. The number of hydrogen-bond donors (Lipinski definition) is 4. The smallest absolute Gasteiger partial charge is 0.0983 e. The normalized spacial score (nSPS) is 45.5. The molecule has 0 aromatic rings. The second-order valence-corrected chi connectivity index (χ2v) is 2.84. The number of hydrogen-bond acceptors (Lipinski definition) is 5. The van der Waals surface area contributed by atoms with Crippen molar-refractivity contribution in [3.05, 3.63) is 5.73 Å². The first-order valence-electron chi connectivity index (χ1n) is 3.67. The minimum Gasteiger partial charge on any atom is -0.649 e. The molecule has 1 heterocycles. The van der Waals surface area contributed by atoms with Crippen LogP contribution in [0.2, 0.25) is 0 Å². The van der Waals surface area contributed by atoms with Gasteiger partial charge in [0.15, 0.2) is 0 Å². The zero-order valence-corrected chi connectivity index (χ0v) is 9.84. The van der Waals surface area contributed by atoms with Gasteiger partial charge in [0.25, 0.3) is 0 Å². The van der Waals surface area contributed by atoms with Crippen LogP contribution in [0.1, 0.15) is 0 Å². The fraction of sp³-hybridized carbons (Fsp3) is 1.00. The van der Waals surface area contributed by atoms with Crippen LogP contribution in [0.15, 0.2) is 0 Å². The van der Waals surface area contributed by atoms with E-state index >= 15 is 0 Å². The van der Waals surface area contributed by atoms with Crippen molar-refractivity contribution in [1.29, 1.82) is 0 Å². The summed E-state index contributed by atoms with van der Waals surface area (Å²) in [4.78, 5) is 0. The van der Waals surface area contributed by atoms with E-state index in [-0.39, 0.29) is 39.3 Å². The van der Waals surface area contributed by atoms with Crippen LogP contribution in [0.4, 0.5) is 0 Å². The predicted molar refractivity (Wildman–Crippen MR) is 40.1 cm³/mol. The van der Waals surface area contributed by atoms with Crippen molar-refractivity contribution in [2.24, 2.45) is 5.73 Å². The summed E-state index contributed by atoms with van der Waals surface area (Å²) in [6.45, 7) is -0.361. The van der Waals surface area contributed by atoms with E-state index in [0.29, 0.717) is 0 Å². The van der Waals surface area contributed by atoms with Crippen LogP contribution >= 0.6 is 0 Å². The van der Waals surface area contributed by atoms with E-state index in [1.54, 1.807) is 0 Å². The third-order valence-corrected chi connectivity index (χ3v) is 1.99. The number of ether oxygens (including phenoxy) is 1. The van der Waals surface area contributed by atoms with Crippen LogP contribution in [-0.2, 0) is 37.4 Å². The van der Waals surface area contributed by atoms with E-state index < -0.39 is 30.6 Å². The number of aliphatic hydroxyl groups excluding tert-OH is 3. The maximum atomic E-state index is 9.23. The molecule has 75 valence electrons. The Morgan fingerprint density at radius 3 is 2.31 bits per heavy atom. The van der Waals surface area contributed by atoms with Crippen molar-refractivity contribution in [2.75, 3.05) is 6.61 Å². The molecule has 0 bridgehead atoms. The Morgan fingerprint density at radius 2 is 1.85 bits per heavy atom. The van der Waals surface area contributed by atoms with Gasteiger partial charge in [0.2, 0.25) is 0 Å². The zero-order chi connectivity index (χ0) is 9.30. The first kappa shape index (κ1) is 13.9. The molecule has 5 unspecified atom stereocenters. The molecule has 0 spiro atoms. The van der Waals surface area contributed by atoms with Gasteiger partial charge in [-0.15, -0.1) is 0 Å². The van der Waals surface area contributed by atoms with Gasteiger partial charge in [-0.3, -0.25) is 0 Å². The molecule has 1 rings (SSSR count). The summed E-state index contributed by atoms with van der Waals surface area (Å²) in [6, 6.07) is -0.841. The number of rotatable bonds is 1. The molecule has 6 N–H and O–H groups in total. The third kappa shape index (κ3) is 2.90. The Hall–Kier alpha value is 0.864. The maximum Gasteiger partial charge on any atom is 0.0983 e. The molecule has 0 aromatic heterocycles. The van der Waals surface area contributed by atoms with E-state index in [1.807, 2.05) is 0 Å². The summed E-state index contributed by atoms with van der Waals surface area (Å²) >= 11 is 0. The Labute approximate surface area is 101 Å². The Morgan fingerprint density at radius 1 is 1.31 bits per heavy atom. The van der Waals surface area contributed by atoms with Gasteiger partial charge in [0.1, 0.15) is 0 Å². The van der Waals surface area contributed by atoms with Crippen molar-refractivity contribution in [3.8, 4) is 0 Å². The SMILES string of the molecule is [NH-]C1OC(CO)C(N)C(O)C1O.[Y]. The molecule has 1 saturated heterocycles. The summed E-state index contributed by atoms with van der Waals surface area (Å²) in [5.74, 6) is 0. The van der Waals surface area contributed by atoms with Crippen LogP contribution in [0.25, 0.3) is 5.73 Å². The Kier molecular flexibility index (Phi) is 6.05. The third-order valence-electron chi connectivity index (χ3n) is 1.99. The number of nitrogens with one attached hydrogen (secondary N) is 1. The van der Waals surface area contributed by atoms with Crippen molar-refractivity contribution in [3.63, 3.8) is 0 Å². The molecular formula is C6H13N2O4Y-. The summed E-state index contributed by atoms with van der Waals surface area (Å²) in [6.07, 6.45) is -4.52. The standard InChI is InChI=1S/C6H13N2O4.Y/c7-3-2(1-9)12-6(8)5(11)4(3)10;/h2-6,8-11H,1,7H2;/q-1;. The van der Waals surface area contributed by atoms with Gasteiger partial charge in [-0.1, -0.05) is 0 Å². The van der Waals surface area contributed by atoms with E-state index in [1.165, 1.54) is 0 Å². The summed E-state index contributed by atoms with van der Waals surface area (Å²) in [7, 11) is 0. The molecule has 0 amide bonds. The van der Waals surface area contributed by atoms with E-state index in [2.05, 4.69) is 0 Å². The van der Waals surface area contributed by atoms with E-state index in [0.717, 1.165) is 0 Å². The van der Waals surface area contributed by atoms with Gasteiger partial charge in [0, 0.05) is 32.7 Å². The quantitative estimate of drug-likeness (QED) is 0.429. The molecule has 0 aliphatic carbocycles. The van der Waals surface area contributed by atoms with Crippen molar-refractivity contribution in [1.82, 2.24) is 0 Å². The number of aliphatic hydroxyl groups is 3. The fourth-order valence-electron chi connectivity index (χ4n) is 1.15. The first-order chi connectivity index (χ1) is 5.57. The van der Waals surface area contributed by atoms with Crippen molar-refractivity contribution < 1.29 is 52.8 Å². The minimum absolute atomic E-state index is 0. The van der Waals surface area contributed by atoms with Crippen LogP contribution in [0.3, 0.4) is 0 Å². The molecular weight excluding hydrogens is 253 g/mol. The zero-order valence-electron chi connectivity index (χ0n) is 7.00. The molecule has 1 aliphatic heterocycles. The van der Waals surface area contributed by atoms with Gasteiger partial charge in [-0.25, -0.2) is 0 Å². The molecule has 1 aliphatic rings. The summed E-state index contributed by atoms with van der Waals surface area (Å²) in [5, 5.41) is 27.0. The average molecular weight is 266 g/mol. The average Bonchev–Trinajstić information content (AvgIpc) is 2.08. The van der Waals surface area contributed by atoms with Crippen LogP contribution in [0.5, 0.6) is 0 Å². The fourth-order valence-corrected chi connectivity index (χ4v) is 1.15. The predicted octanol–water partition coefficient (Wildman–Crippen LogP) is -2.20. The maximum absolute atomic E-state index is 9.23. The summed E-state index contributed by atoms with van der Waals surface area (Å²) in [5.41, 5.74) is 12.5. The Balaban J connectivity index is 0.00000144. The molecule has 0 saturated carbocycles. The van der Waals surface area contributed by atoms with Crippen LogP contribution < -0.4 is 5.73 Å². The molecule has 1 radical (unpaired) electrons.